The van der Waals surface area contributed by atoms with Crippen LogP contribution in [-0.2, 0) is 0 Å². The van der Waals surface area contributed by atoms with E-state index in [9.17, 15) is 0 Å². The fraction of sp³-hybridized carbons (Fsp3) is 0.533. The van der Waals surface area contributed by atoms with Gasteiger partial charge in [0.1, 0.15) is 0 Å². The molecule has 1 heteroatoms. The third kappa shape index (κ3) is 6.80. The molecule has 31 heavy (non-hydrogen) atoms. The van der Waals surface area contributed by atoms with Gasteiger partial charge in [-0.2, -0.15) is 0 Å². The van der Waals surface area contributed by atoms with E-state index >= 15 is 0 Å². The Kier molecular flexibility index (Phi) is 10.5. The molecule has 2 aromatic carbocycles. The van der Waals surface area contributed by atoms with Crippen molar-refractivity contribution in [2.45, 2.75) is 99.3 Å². The van der Waals surface area contributed by atoms with E-state index in [2.05, 4.69) is 82.7 Å². The van der Waals surface area contributed by atoms with Crippen LogP contribution >= 0.6 is 0 Å². The van der Waals surface area contributed by atoms with Crippen LogP contribution in [0.5, 0.6) is 0 Å². The summed E-state index contributed by atoms with van der Waals surface area (Å²) in [5, 5.41) is 6.34. The standard InChI is InChI=1S/C30H41N/c1-7-10-13-15-18-26-21-29-25(6)30(31-20-17-12-9-3)27(19-16-14-11-8-2)22-28(29)24(5)23(26)4/h21-22,31H,7-14,17,20H2,1-6H3. The zero-order chi connectivity index (χ0) is 22.6. The lowest BCUT2D eigenvalue weighted by molar-refractivity contribution is 0.743. The van der Waals surface area contributed by atoms with Gasteiger partial charge in [0.25, 0.3) is 0 Å². The van der Waals surface area contributed by atoms with Gasteiger partial charge < -0.3 is 5.32 Å². The number of hydrogen-bond donors (Lipinski definition) is 1. The Balaban J connectivity index is 2.56. The van der Waals surface area contributed by atoms with Gasteiger partial charge in [0.15, 0.2) is 0 Å². The molecular weight excluding hydrogens is 374 g/mol. The minimum Gasteiger partial charge on any atom is -0.384 e. The van der Waals surface area contributed by atoms with Crippen molar-refractivity contribution in [3.63, 3.8) is 0 Å². The van der Waals surface area contributed by atoms with E-state index in [0.29, 0.717) is 0 Å². The zero-order valence-corrected chi connectivity index (χ0v) is 20.7. The maximum Gasteiger partial charge on any atom is 0.0535 e. The quantitative estimate of drug-likeness (QED) is 0.320. The lowest BCUT2D eigenvalue weighted by Crippen LogP contribution is -2.06. The largest absolute Gasteiger partial charge is 0.384 e. The first-order valence-electron chi connectivity index (χ1n) is 12.3. The van der Waals surface area contributed by atoms with Crippen LogP contribution in [0.25, 0.3) is 10.8 Å². The van der Waals surface area contributed by atoms with Crippen LogP contribution < -0.4 is 5.32 Å². The SMILES string of the molecule is CCCCC#Cc1cc2c(C)c(NCCCCC)c(C#CCCCC)cc2c(C)c1C. The summed E-state index contributed by atoms with van der Waals surface area (Å²) in [4.78, 5) is 0. The monoisotopic (exact) mass is 415 g/mol. The van der Waals surface area contributed by atoms with Crippen molar-refractivity contribution in [2.24, 2.45) is 0 Å². The van der Waals surface area contributed by atoms with Gasteiger partial charge >= 0.3 is 0 Å². The molecule has 0 spiro atoms. The Morgan fingerprint density at radius 2 is 1.19 bits per heavy atom. The Labute approximate surface area is 191 Å². The molecule has 0 fully saturated rings. The van der Waals surface area contributed by atoms with Crippen LogP contribution in [-0.4, -0.2) is 6.54 Å². The van der Waals surface area contributed by atoms with Gasteiger partial charge in [-0.15, -0.1) is 0 Å². The molecule has 0 saturated carbocycles. The van der Waals surface area contributed by atoms with E-state index in [1.54, 1.807) is 0 Å². The summed E-state index contributed by atoms with van der Waals surface area (Å²) in [6.45, 7) is 14.4. The van der Waals surface area contributed by atoms with Gasteiger partial charge in [-0.05, 0) is 79.6 Å². The Morgan fingerprint density at radius 1 is 0.645 bits per heavy atom. The van der Waals surface area contributed by atoms with Crippen LogP contribution in [0, 0.1) is 44.5 Å². The van der Waals surface area contributed by atoms with E-state index in [0.717, 1.165) is 31.4 Å². The van der Waals surface area contributed by atoms with Crippen LogP contribution in [0.1, 0.15) is 106 Å². The molecule has 0 amide bonds. The minimum atomic E-state index is 0.965. The van der Waals surface area contributed by atoms with Crippen molar-refractivity contribution in [1.82, 2.24) is 0 Å². The summed E-state index contributed by atoms with van der Waals surface area (Å²) in [5.41, 5.74) is 7.44. The van der Waals surface area contributed by atoms with Crippen molar-refractivity contribution >= 4 is 16.5 Å². The molecule has 0 saturated heterocycles. The fourth-order valence-corrected chi connectivity index (χ4v) is 3.88. The summed E-state index contributed by atoms with van der Waals surface area (Å²) in [5.74, 6) is 13.7. The molecule has 166 valence electrons. The molecule has 0 bridgehead atoms. The number of aryl methyl sites for hydroxylation is 2. The molecule has 0 heterocycles. The van der Waals surface area contributed by atoms with E-state index in [4.69, 9.17) is 0 Å². The fourth-order valence-electron chi connectivity index (χ4n) is 3.88. The molecular formula is C30H41N. The van der Waals surface area contributed by atoms with Gasteiger partial charge in [-0.1, -0.05) is 70.1 Å². The minimum absolute atomic E-state index is 0.965. The van der Waals surface area contributed by atoms with Crippen LogP contribution in [0.15, 0.2) is 12.1 Å². The lowest BCUT2D eigenvalue weighted by atomic mass is 9.90. The van der Waals surface area contributed by atoms with Gasteiger partial charge in [-0.3, -0.25) is 0 Å². The highest BCUT2D eigenvalue weighted by Crippen LogP contribution is 2.34. The average Bonchev–Trinajstić information content (AvgIpc) is 2.77. The summed E-state index contributed by atoms with van der Waals surface area (Å²) >= 11 is 0. The normalized spacial score (nSPS) is 10.4. The molecule has 2 aromatic rings. The van der Waals surface area contributed by atoms with Crippen molar-refractivity contribution < 1.29 is 0 Å². The third-order valence-electron chi connectivity index (χ3n) is 6.13. The Bertz CT molecular complexity index is 989. The van der Waals surface area contributed by atoms with Crippen molar-refractivity contribution in [1.29, 1.82) is 0 Å². The number of rotatable bonds is 9. The first-order valence-corrected chi connectivity index (χ1v) is 12.3. The number of hydrogen-bond acceptors (Lipinski definition) is 1. The molecule has 2 rings (SSSR count). The molecule has 1 N–H and O–H groups in total. The topological polar surface area (TPSA) is 12.0 Å². The second-order valence-electron chi connectivity index (χ2n) is 8.64. The summed E-state index contributed by atoms with van der Waals surface area (Å²) in [6, 6.07) is 4.61. The summed E-state index contributed by atoms with van der Waals surface area (Å²) in [7, 11) is 0. The maximum atomic E-state index is 3.72. The molecule has 0 aliphatic carbocycles. The molecule has 0 aromatic heterocycles. The van der Waals surface area contributed by atoms with Gasteiger partial charge in [0.2, 0.25) is 0 Å². The van der Waals surface area contributed by atoms with Gasteiger partial charge in [0.05, 0.1) is 5.69 Å². The lowest BCUT2D eigenvalue weighted by Gasteiger charge is -2.18. The van der Waals surface area contributed by atoms with E-state index in [-0.39, 0.29) is 0 Å². The first kappa shape index (κ1) is 24.9. The van der Waals surface area contributed by atoms with E-state index in [1.165, 1.54) is 77.2 Å². The van der Waals surface area contributed by atoms with E-state index < -0.39 is 0 Å². The predicted molar refractivity (Wildman–Crippen MR) is 139 cm³/mol. The van der Waals surface area contributed by atoms with Crippen LogP contribution in [0.4, 0.5) is 5.69 Å². The molecule has 0 radical (unpaired) electrons. The zero-order valence-electron chi connectivity index (χ0n) is 20.7. The Hall–Kier alpha value is -2.38. The smallest absolute Gasteiger partial charge is 0.0535 e. The number of nitrogens with one attached hydrogen (secondary N) is 1. The highest BCUT2D eigenvalue weighted by Gasteiger charge is 2.13. The predicted octanol–water partition coefficient (Wildman–Crippen LogP) is 8.45. The van der Waals surface area contributed by atoms with Crippen molar-refractivity contribution in [3.8, 4) is 23.7 Å². The Morgan fingerprint density at radius 3 is 1.81 bits per heavy atom. The molecule has 0 unspecified atom stereocenters. The molecule has 1 nitrogen and oxygen atoms in total. The number of anilines is 1. The van der Waals surface area contributed by atoms with Gasteiger partial charge in [-0.25, -0.2) is 0 Å². The first-order chi connectivity index (χ1) is 15.0. The number of benzene rings is 2. The highest BCUT2D eigenvalue weighted by atomic mass is 14.9. The van der Waals surface area contributed by atoms with Crippen molar-refractivity contribution in [2.75, 3.05) is 11.9 Å². The average molecular weight is 416 g/mol. The summed E-state index contributed by atoms with van der Waals surface area (Å²) < 4.78 is 0. The number of fused-ring (bicyclic) bond motifs is 1. The second kappa shape index (κ2) is 13.1. The van der Waals surface area contributed by atoms with Crippen molar-refractivity contribution in [3.05, 3.63) is 39.9 Å². The third-order valence-corrected chi connectivity index (χ3v) is 6.13. The molecule has 0 aliphatic heterocycles. The number of unbranched alkanes of at least 4 members (excludes halogenated alkanes) is 6. The van der Waals surface area contributed by atoms with Crippen LogP contribution in [0.3, 0.4) is 0 Å². The summed E-state index contributed by atoms with van der Waals surface area (Å²) in [6.07, 6.45) is 10.3. The molecule has 0 atom stereocenters. The highest BCUT2D eigenvalue weighted by molar-refractivity contribution is 5.96. The second-order valence-corrected chi connectivity index (χ2v) is 8.64. The maximum absolute atomic E-state index is 3.72. The van der Waals surface area contributed by atoms with Crippen LogP contribution in [0.2, 0.25) is 0 Å². The molecule has 0 aliphatic rings. The van der Waals surface area contributed by atoms with Gasteiger partial charge in [0, 0.05) is 30.5 Å². The van der Waals surface area contributed by atoms with E-state index in [1.807, 2.05) is 0 Å².